The van der Waals surface area contributed by atoms with E-state index in [0.717, 1.165) is 0 Å². The van der Waals surface area contributed by atoms with Crippen LogP contribution in [0, 0.1) is 11.3 Å². The summed E-state index contributed by atoms with van der Waals surface area (Å²) in [6.07, 6.45) is 1.70. The average Bonchev–Trinajstić information content (AvgIpc) is 2.61. The zero-order valence-electron chi connectivity index (χ0n) is 13.3. The summed E-state index contributed by atoms with van der Waals surface area (Å²) in [5, 5.41) is 11.2. The van der Waals surface area contributed by atoms with Crippen molar-refractivity contribution in [1.82, 2.24) is 4.98 Å². The summed E-state index contributed by atoms with van der Waals surface area (Å²) in [7, 11) is 0. The van der Waals surface area contributed by atoms with Crippen LogP contribution in [0.1, 0.15) is 5.56 Å². The second-order valence-electron chi connectivity index (χ2n) is 5.53. The summed E-state index contributed by atoms with van der Waals surface area (Å²) >= 11 is 37.6. The van der Waals surface area contributed by atoms with Crippen molar-refractivity contribution in [2.45, 2.75) is 6.42 Å². The Bertz CT molecular complexity index is 1090. The smallest absolute Gasteiger partial charge is 0.0800 e. The van der Waals surface area contributed by atoms with Crippen molar-refractivity contribution < 1.29 is 0 Å². The normalized spacial score (nSPS) is 10.7. The van der Waals surface area contributed by atoms with Crippen LogP contribution >= 0.6 is 69.6 Å². The molecule has 0 aliphatic rings. The third-order valence-electron chi connectivity index (χ3n) is 3.82. The van der Waals surface area contributed by atoms with Gasteiger partial charge in [-0.1, -0.05) is 69.6 Å². The van der Waals surface area contributed by atoms with Crippen LogP contribution in [0.15, 0.2) is 36.5 Å². The Morgan fingerprint density at radius 3 is 1.96 bits per heavy atom. The first-order valence-corrected chi connectivity index (χ1v) is 9.75. The maximum absolute atomic E-state index is 9.25. The van der Waals surface area contributed by atoms with Gasteiger partial charge in [-0.3, -0.25) is 4.98 Å². The lowest BCUT2D eigenvalue weighted by Gasteiger charge is -2.17. The van der Waals surface area contributed by atoms with Gasteiger partial charge in [0.05, 0.1) is 38.3 Å². The molecule has 2 aromatic carbocycles. The lowest BCUT2D eigenvalue weighted by atomic mass is 9.93. The van der Waals surface area contributed by atoms with Crippen LogP contribution in [0.2, 0.25) is 30.1 Å². The number of hydrogen-bond donors (Lipinski definition) is 0. The molecular weight excluding hydrogens is 469 g/mol. The van der Waals surface area contributed by atoms with Gasteiger partial charge in [0.25, 0.3) is 0 Å². The van der Waals surface area contributed by atoms with Crippen LogP contribution in [-0.2, 0) is 6.42 Å². The van der Waals surface area contributed by atoms with E-state index in [1.54, 1.807) is 24.4 Å². The van der Waals surface area contributed by atoms with E-state index in [9.17, 15) is 5.26 Å². The molecule has 0 fully saturated rings. The molecule has 0 aliphatic heterocycles. The molecule has 1 aromatic heterocycles. The van der Waals surface area contributed by atoms with Crippen LogP contribution in [0.3, 0.4) is 0 Å². The number of rotatable bonds is 3. The molecule has 0 saturated heterocycles. The highest BCUT2D eigenvalue weighted by Crippen LogP contribution is 2.45. The van der Waals surface area contributed by atoms with Crippen molar-refractivity contribution in [3.05, 3.63) is 72.2 Å². The molecule has 0 spiro atoms. The fourth-order valence-corrected chi connectivity index (χ4v) is 4.09. The van der Waals surface area contributed by atoms with Crippen molar-refractivity contribution in [1.29, 1.82) is 5.26 Å². The Balaban J connectivity index is 2.43. The maximum atomic E-state index is 9.25. The molecule has 0 atom stereocenters. The Labute approximate surface area is 186 Å². The van der Waals surface area contributed by atoms with Gasteiger partial charge in [0.15, 0.2) is 0 Å². The van der Waals surface area contributed by atoms with Crippen LogP contribution < -0.4 is 0 Å². The quantitative estimate of drug-likeness (QED) is 0.356. The third-order valence-corrected chi connectivity index (χ3v) is 5.86. The lowest BCUT2D eigenvalue weighted by molar-refractivity contribution is 1.22. The Morgan fingerprint density at radius 2 is 1.37 bits per heavy atom. The van der Waals surface area contributed by atoms with Gasteiger partial charge in [0.1, 0.15) is 0 Å². The Kier molecular flexibility index (Phi) is 6.43. The van der Waals surface area contributed by atoms with Crippen molar-refractivity contribution in [3.8, 4) is 28.5 Å². The lowest BCUT2D eigenvalue weighted by Crippen LogP contribution is -1.97. The molecule has 27 heavy (non-hydrogen) atoms. The van der Waals surface area contributed by atoms with E-state index in [-0.39, 0.29) is 21.5 Å². The Morgan fingerprint density at radius 1 is 0.815 bits per heavy atom. The highest BCUT2D eigenvalue weighted by molar-refractivity contribution is 6.46. The minimum absolute atomic E-state index is 0.122. The first kappa shape index (κ1) is 20.6. The molecule has 1 heterocycles. The summed E-state index contributed by atoms with van der Waals surface area (Å²) in [5.41, 5.74) is 2.80. The predicted octanol–water partition coefficient (Wildman–Crippen LogP) is 8.40. The van der Waals surface area contributed by atoms with E-state index in [2.05, 4.69) is 11.1 Å². The summed E-state index contributed by atoms with van der Waals surface area (Å²) in [5.74, 6) is 0. The topological polar surface area (TPSA) is 36.7 Å². The molecule has 0 N–H and O–H groups in total. The standard InChI is InChI=1S/C19H8Cl6N2/c20-10-5-12(17(24)14(22)7-10)16-9(1-3-26)2-4-27-19(16)13-6-11(21)8-15(23)18(13)25/h2,4-8H,1H2. The van der Waals surface area contributed by atoms with Crippen LogP contribution in [-0.4, -0.2) is 4.98 Å². The minimum Gasteiger partial charge on any atom is -0.256 e. The number of nitrogens with zero attached hydrogens (tertiary/aromatic N) is 2. The van der Waals surface area contributed by atoms with Gasteiger partial charge in [0.2, 0.25) is 0 Å². The van der Waals surface area contributed by atoms with E-state index in [4.69, 9.17) is 69.6 Å². The molecule has 0 unspecified atom stereocenters. The van der Waals surface area contributed by atoms with E-state index >= 15 is 0 Å². The Hall–Kier alpha value is -1.18. The van der Waals surface area contributed by atoms with Crippen LogP contribution in [0.25, 0.3) is 22.4 Å². The largest absolute Gasteiger partial charge is 0.256 e. The molecule has 3 aromatic rings. The highest BCUT2D eigenvalue weighted by Gasteiger charge is 2.21. The zero-order valence-corrected chi connectivity index (χ0v) is 17.9. The molecule has 0 aliphatic carbocycles. The molecule has 0 bridgehead atoms. The molecule has 8 heteroatoms. The van der Waals surface area contributed by atoms with Crippen molar-refractivity contribution in [2.75, 3.05) is 0 Å². The van der Waals surface area contributed by atoms with E-state index in [1.807, 2.05) is 0 Å². The zero-order chi connectivity index (χ0) is 19.7. The van der Waals surface area contributed by atoms with E-state index in [0.29, 0.717) is 43.0 Å². The minimum atomic E-state index is 0.122. The second kappa shape index (κ2) is 8.45. The van der Waals surface area contributed by atoms with Gasteiger partial charge in [-0.15, -0.1) is 0 Å². The number of halogens is 6. The van der Waals surface area contributed by atoms with Gasteiger partial charge in [0, 0.05) is 32.9 Å². The molecule has 136 valence electrons. The van der Waals surface area contributed by atoms with Gasteiger partial charge in [-0.25, -0.2) is 0 Å². The SMILES string of the molecule is N#CCc1ccnc(-c2cc(Cl)cc(Cl)c2Cl)c1-c1cc(Cl)cc(Cl)c1Cl. The summed E-state index contributed by atoms with van der Waals surface area (Å²) in [4.78, 5) is 4.46. The number of pyridine rings is 1. The molecule has 2 nitrogen and oxygen atoms in total. The second-order valence-corrected chi connectivity index (χ2v) is 7.97. The fourth-order valence-electron chi connectivity index (χ4n) is 2.71. The number of hydrogen-bond acceptors (Lipinski definition) is 2. The number of benzene rings is 2. The highest BCUT2D eigenvalue weighted by atomic mass is 35.5. The number of aromatic nitrogens is 1. The molecule has 0 radical (unpaired) electrons. The van der Waals surface area contributed by atoms with Gasteiger partial charge in [-0.2, -0.15) is 5.26 Å². The third kappa shape index (κ3) is 4.15. The van der Waals surface area contributed by atoms with E-state index < -0.39 is 0 Å². The molecule has 0 saturated carbocycles. The fraction of sp³-hybridized carbons (Fsp3) is 0.0526. The monoisotopic (exact) mass is 474 g/mol. The maximum Gasteiger partial charge on any atom is 0.0800 e. The molecular formula is C19H8Cl6N2. The molecule has 3 rings (SSSR count). The van der Waals surface area contributed by atoms with Gasteiger partial charge in [-0.05, 0) is 35.9 Å². The van der Waals surface area contributed by atoms with Crippen LogP contribution in [0.4, 0.5) is 0 Å². The van der Waals surface area contributed by atoms with E-state index in [1.165, 1.54) is 12.1 Å². The van der Waals surface area contributed by atoms with Gasteiger partial charge >= 0.3 is 0 Å². The van der Waals surface area contributed by atoms with Crippen molar-refractivity contribution >= 4 is 69.6 Å². The summed E-state index contributed by atoms with van der Waals surface area (Å²) in [6, 6.07) is 10.3. The molecule has 0 amide bonds. The first-order chi connectivity index (χ1) is 12.8. The predicted molar refractivity (Wildman–Crippen MR) is 114 cm³/mol. The van der Waals surface area contributed by atoms with Crippen molar-refractivity contribution in [2.24, 2.45) is 0 Å². The van der Waals surface area contributed by atoms with Crippen LogP contribution in [0.5, 0.6) is 0 Å². The first-order valence-electron chi connectivity index (χ1n) is 7.48. The van der Waals surface area contributed by atoms with Gasteiger partial charge < -0.3 is 0 Å². The van der Waals surface area contributed by atoms with Crippen molar-refractivity contribution in [3.63, 3.8) is 0 Å². The number of nitriles is 1. The average molecular weight is 477 g/mol. The summed E-state index contributed by atoms with van der Waals surface area (Å²) < 4.78 is 0. The summed E-state index contributed by atoms with van der Waals surface area (Å²) in [6.45, 7) is 0.